The highest BCUT2D eigenvalue weighted by atomic mass is 79.9. The number of thiophene rings is 1. The topological polar surface area (TPSA) is 56.1 Å². The molecule has 0 radical (unpaired) electrons. The fourth-order valence-corrected chi connectivity index (χ4v) is 2.95. The van der Waals surface area contributed by atoms with Crippen molar-refractivity contribution in [3.05, 3.63) is 33.2 Å². The fourth-order valence-electron chi connectivity index (χ4n) is 1.67. The van der Waals surface area contributed by atoms with Crippen molar-refractivity contribution < 1.29 is 9.53 Å². The van der Waals surface area contributed by atoms with Crippen molar-refractivity contribution in [1.29, 1.82) is 0 Å². The molecule has 7 heteroatoms. The summed E-state index contributed by atoms with van der Waals surface area (Å²) in [6.45, 7) is 4.81. The van der Waals surface area contributed by atoms with Gasteiger partial charge in [-0.05, 0) is 48.3 Å². The zero-order valence-electron chi connectivity index (χ0n) is 12.2. The third-order valence-electron chi connectivity index (χ3n) is 3.18. The lowest BCUT2D eigenvalue weighted by atomic mass is 10.1. The van der Waals surface area contributed by atoms with Crippen molar-refractivity contribution in [3.8, 4) is 0 Å². The summed E-state index contributed by atoms with van der Waals surface area (Å²) in [5.74, 6) is -0.123. The van der Waals surface area contributed by atoms with Gasteiger partial charge in [0, 0.05) is 19.9 Å². The second-order valence-corrected chi connectivity index (χ2v) is 7.73. The van der Waals surface area contributed by atoms with Crippen LogP contribution in [0.5, 0.6) is 0 Å². The zero-order valence-corrected chi connectivity index (χ0v) is 14.6. The van der Waals surface area contributed by atoms with Crippen LogP contribution >= 0.6 is 27.3 Å². The van der Waals surface area contributed by atoms with Crippen molar-refractivity contribution >= 4 is 38.9 Å². The third-order valence-corrected chi connectivity index (χ3v) is 4.81. The molecule has 0 unspecified atom stereocenters. The van der Waals surface area contributed by atoms with Crippen molar-refractivity contribution in [3.63, 3.8) is 0 Å². The van der Waals surface area contributed by atoms with Crippen LogP contribution in [0.1, 0.15) is 29.9 Å². The summed E-state index contributed by atoms with van der Waals surface area (Å²) >= 11 is 4.75. The summed E-state index contributed by atoms with van der Waals surface area (Å²) in [4.78, 5) is 12.7. The lowest BCUT2D eigenvalue weighted by Gasteiger charge is -2.22. The quantitative estimate of drug-likeness (QED) is 0.840. The Labute approximate surface area is 136 Å². The number of carbonyl (C=O) groups is 1. The molecule has 0 aliphatic heterocycles. The van der Waals surface area contributed by atoms with Gasteiger partial charge in [0.05, 0.1) is 26.1 Å². The van der Waals surface area contributed by atoms with E-state index >= 15 is 0 Å². The Morgan fingerprint density at radius 1 is 1.52 bits per heavy atom. The molecule has 0 fully saturated rings. The van der Waals surface area contributed by atoms with Gasteiger partial charge in [0.1, 0.15) is 0 Å². The Kier molecular flexibility index (Phi) is 5.18. The number of halogens is 1. The van der Waals surface area contributed by atoms with E-state index in [4.69, 9.17) is 4.74 Å². The van der Waals surface area contributed by atoms with E-state index < -0.39 is 0 Å². The second kappa shape index (κ2) is 6.72. The molecule has 1 N–H and O–H groups in total. The van der Waals surface area contributed by atoms with Gasteiger partial charge in [-0.2, -0.15) is 5.10 Å². The molecule has 0 aliphatic rings. The molecule has 5 nitrogen and oxygen atoms in total. The number of ether oxygens (including phenoxy) is 1. The van der Waals surface area contributed by atoms with Gasteiger partial charge in [0.2, 0.25) is 0 Å². The largest absolute Gasteiger partial charge is 0.379 e. The van der Waals surface area contributed by atoms with Crippen LogP contribution in [0.15, 0.2) is 28.3 Å². The average molecular weight is 372 g/mol. The lowest BCUT2D eigenvalue weighted by Crippen LogP contribution is -2.24. The van der Waals surface area contributed by atoms with E-state index in [1.807, 2.05) is 26.1 Å². The Morgan fingerprint density at radius 2 is 2.29 bits per heavy atom. The molecule has 0 spiro atoms. The fraction of sp³-hybridized carbons (Fsp3) is 0.429. The third kappa shape index (κ3) is 4.66. The number of hydrogen-bond donors (Lipinski definition) is 1. The Bertz CT molecular complexity index is 621. The number of nitrogens with zero attached hydrogens (tertiary/aromatic N) is 2. The van der Waals surface area contributed by atoms with E-state index in [2.05, 4.69) is 26.3 Å². The van der Waals surface area contributed by atoms with Crippen molar-refractivity contribution in [1.82, 2.24) is 9.78 Å². The van der Waals surface area contributed by atoms with E-state index in [1.165, 1.54) is 11.3 Å². The van der Waals surface area contributed by atoms with Crippen LogP contribution in [0.4, 0.5) is 5.69 Å². The number of nitrogens with one attached hydrogen (secondary N) is 1. The molecule has 0 aliphatic carbocycles. The smallest absolute Gasteiger partial charge is 0.265 e. The molecule has 2 aromatic heterocycles. The summed E-state index contributed by atoms with van der Waals surface area (Å²) in [7, 11) is 1.70. The van der Waals surface area contributed by atoms with Gasteiger partial charge in [-0.1, -0.05) is 0 Å². The molecule has 2 heterocycles. The van der Waals surface area contributed by atoms with Crippen molar-refractivity contribution in [2.75, 3.05) is 12.4 Å². The first kappa shape index (κ1) is 16.2. The van der Waals surface area contributed by atoms with E-state index in [-0.39, 0.29) is 11.5 Å². The van der Waals surface area contributed by atoms with E-state index in [9.17, 15) is 4.79 Å². The maximum absolute atomic E-state index is 12.0. The molecule has 1 amide bonds. The molecule has 0 aromatic carbocycles. The number of carbonyl (C=O) groups excluding carboxylic acids is 1. The zero-order chi connectivity index (χ0) is 15.5. The minimum absolute atomic E-state index is 0.123. The molecular formula is C14H18BrN3O2S. The predicted octanol–water partition coefficient (Wildman–Crippen LogP) is 3.77. The normalized spacial score (nSPS) is 11.6. The molecule has 0 atom stereocenters. The predicted molar refractivity (Wildman–Crippen MR) is 87.9 cm³/mol. The van der Waals surface area contributed by atoms with E-state index in [0.29, 0.717) is 10.6 Å². The highest BCUT2D eigenvalue weighted by Crippen LogP contribution is 2.23. The van der Waals surface area contributed by atoms with Gasteiger partial charge in [-0.3, -0.25) is 9.48 Å². The number of hydrogen-bond acceptors (Lipinski definition) is 4. The lowest BCUT2D eigenvalue weighted by molar-refractivity contribution is 0.0113. The number of methoxy groups -OCH3 is 1. The molecular weight excluding hydrogens is 354 g/mol. The first-order valence-electron chi connectivity index (χ1n) is 6.54. The van der Waals surface area contributed by atoms with Gasteiger partial charge >= 0.3 is 0 Å². The molecule has 0 saturated carbocycles. The molecule has 2 aromatic rings. The number of rotatable bonds is 6. The molecule has 21 heavy (non-hydrogen) atoms. The molecule has 0 saturated heterocycles. The Morgan fingerprint density at radius 3 is 2.90 bits per heavy atom. The van der Waals surface area contributed by atoms with Crippen molar-refractivity contribution in [2.24, 2.45) is 0 Å². The van der Waals surface area contributed by atoms with Crippen molar-refractivity contribution in [2.45, 2.75) is 32.4 Å². The summed E-state index contributed by atoms with van der Waals surface area (Å²) in [6, 6.07) is 3.64. The Balaban J connectivity index is 1.92. The first-order chi connectivity index (χ1) is 9.89. The number of aryl methyl sites for hydroxylation is 1. The highest BCUT2D eigenvalue weighted by Gasteiger charge is 2.16. The highest BCUT2D eigenvalue weighted by molar-refractivity contribution is 9.11. The SMILES string of the molecule is COC(C)(C)CCn1cc(NC(=O)c2ccc(Br)s2)cn1. The minimum Gasteiger partial charge on any atom is -0.379 e. The summed E-state index contributed by atoms with van der Waals surface area (Å²) in [5, 5.41) is 7.09. The van der Waals surface area contributed by atoms with Gasteiger partial charge in [0.25, 0.3) is 5.91 Å². The van der Waals surface area contributed by atoms with Crippen LogP contribution in [-0.2, 0) is 11.3 Å². The number of aromatic nitrogens is 2. The van der Waals surface area contributed by atoms with Crippen LogP contribution in [0.25, 0.3) is 0 Å². The van der Waals surface area contributed by atoms with Gasteiger partial charge in [0.15, 0.2) is 0 Å². The number of anilines is 1. The number of amides is 1. The van der Waals surface area contributed by atoms with Crippen LogP contribution in [-0.4, -0.2) is 28.4 Å². The van der Waals surface area contributed by atoms with Crippen LogP contribution in [0, 0.1) is 0 Å². The first-order valence-corrected chi connectivity index (χ1v) is 8.15. The maximum Gasteiger partial charge on any atom is 0.265 e. The Hall–Kier alpha value is -1.18. The maximum atomic E-state index is 12.0. The van der Waals surface area contributed by atoms with Crippen LogP contribution in [0.3, 0.4) is 0 Å². The molecule has 2 rings (SSSR count). The second-order valence-electron chi connectivity index (χ2n) is 5.26. The van der Waals surface area contributed by atoms with Gasteiger partial charge < -0.3 is 10.1 Å². The molecule has 0 bridgehead atoms. The summed E-state index contributed by atoms with van der Waals surface area (Å²) in [6.07, 6.45) is 4.32. The average Bonchev–Trinajstić information content (AvgIpc) is 3.06. The van der Waals surface area contributed by atoms with Crippen LogP contribution < -0.4 is 5.32 Å². The monoisotopic (exact) mass is 371 g/mol. The summed E-state index contributed by atoms with van der Waals surface area (Å²) < 4.78 is 8.12. The van der Waals surface area contributed by atoms with E-state index in [1.54, 1.807) is 24.1 Å². The van der Waals surface area contributed by atoms with Crippen LogP contribution in [0.2, 0.25) is 0 Å². The standard InChI is InChI=1S/C14H18BrN3O2S/c1-14(2,20-3)6-7-18-9-10(8-16-18)17-13(19)11-4-5-12(15)21-11/h4-5,8-9H,6-7H2,1-3H3,(H,17,19). The minimum atomic E-state index is -0.182. The van der Waals surface area contributed by atoms with Gasteiger partial charge in [-0.25, -0.2) is 0 Å². The van der Waals surface area contributed by atoms with Gasteiger partial charge in [-0.15, -0.1) is 11.3 Å². The van der Waals surface area contributed by atoms with E-state index in [0.717, 1.165) is 16.8 Å². The molecule has 114 valence electrons. The summed E-state index contributed by atoms with van der Waals surface area (Å²) in [5.41, 5.74) is 0.512.